The molecule has 1 heterocycles. The molecule has 7 heteroatoms. The molecular weight excluding hydrogens is 317 g/mol. The second-order valence-electron chi connectivity index (χ2n) is 4.93. The Bertz CT molecular complexity index is 686. The molecular formula is C17H18FNO5. The minimum Gasteiger partial charge on any atom is -0.493 e. The number of methoxy groups -OCH3 is 3. The summed E-state index contributed by atoms with van der Waals surface area (Å²) in [6.07, 6.45) is 4.18. The van der Waals surface area contributed by atoms with Gasteiger partial charge in [0.2, 0.25) is 5.75 Å². The number of hydrogen-bond acceptors (Lipinski definition) is 5. The van der Waals surface area contributed by atoms with Gasteiger partial charge in [-0.1, -0.05) is 0 Å². The first-order valence-electron chi connectivity index (χ1n) is 7.21. The van der Waals surface area contributed by atoms with Gasteiger partial charge in [-0.15, -0.1) is 0 Å². The summed E-state index contributed by atoms with van der Waals surface area (Å²) in [7, 11) is 4.46. The maximum absolute atomic E-state index is 13.3. The van der Waals surface area contributed by atoms with Gasteiger partial charge in [0.05, 0.1) is 21.3 Å². The fourth-order valence-corrected chi connectivity index (χ4v) is 2.30. The summed E-state index contributed by atoms with van der Waals surface area (Å²) in [5, 5.41) is 0. The zero-order valence-corrected chi connectivity index (χ0v) is 13.7. The lowest BCUT2D eigenvalue weighted by atomic mass is 10.1. The third kappa shape index (κ3) is 3.56. The number of carbonyl (C=O) groups is 2. The van der Waals surface area contributed by atoms with E-state index >= 15 is 0 Å². The van der Waals surface area contributed by atoms with E-state index in [1.807, 2.05) is 0 Å². The Labute approximate surface area is 139 Å². The molecule has 0 saturated heterocycles. The van der Waals surface area contributed by atoms with Crippen molar-refractivity contribution < 1.29 is 28.2 Å². The van der Waals surface area contributed by atoms with Gasteiger partial charge >= 0.3 is 0 Å². The first kappa shape index (κ1) is 17.5. The van der Waals surface area contributed by atoms with Crippen molar-refractivity contribution in [3.05, 3.63) is 35.7 Å². The highest BCUT2D eigenvalue weighted by atomic mass is 19.1. The Morgan fingerprint density at radius 2 is 1.79 bits per heavy atom. The number of ether oxygens (including phenoxy) is 3. The Morgan fingerprint density at radius 3 is 2.33 bits per heavy atom. The second kappa shape index (κ2) is 7.63. The average Bonchev–Trinajstić information content (AvgIpc) is 2.60. The standard InChI is InChI=1S/C17H18FNO5/c1-22-13-9-11(10-14(23-2)16(13)24-3)6-7-15(20)19-8-4-5-12(18)17(19)21/h5-7,9-10H,4,8H2,1-3H3/b7-6+. The normalized spacial score (nSPS) is 14.6. The van der Waals surface area contributed by atoms with Crippen molar-refractivity contribution in [2.24, 2.45) is 0 Å². The van der Waals surface area contributed by atoms with Gasteiger partial charge in [0, 0.05) is 12.6 Å². The van der Waals surface area contributed by atoms with Gasteiger partial charge < -0.3 is 14.2 Å². The van der Waals surface area contributed by atoms with Crippen molar-refractivity contribution in [1.82, 2.24) is 4.90 Å². The second-order valence-corrected chi connectivity index (χ2v) is 4.93. The zero-order valence-electron chi connectivity index (χ0n) is 13.7. The number of halogens is 1. The summed E-state index contributed by atoms with van der Waals surface area (Å²) >= 11 is 0. The first-order chi connectivity index (χ1) is 11.5. The van der Waals surface area contributed by atoms with Crippen LogP contribution in [0.5, 0.6) is 17.2 Å². The molecule has 6 nitrogen and oxygen atoms in total. The van der Waals surface area contributed by atoms with Crippen LogP contribution in [0.25, 0.3) is 6.08 Å². The van der Waals surface area contributed by atoms with Crippen LogP contribution in [-0.2, 0) is 9.59 Å². The molecule has 0 atom stereocenters. The Balaban J connectivity index is 2.24. The molecule has 0 aliphatic carbocycles. The molecule has 2 amide bonds. The molecule has 1 aromatic carbocycles. The molecule has 0 spiro atoms. The van der Waals surface area contributed by atoms with E-state index in [-0.39, 0.29) is 6.54 Å². The molecule has 2 rings (SSSR count). The lowest BCUT2D eigenvalue weighted by Gasteiger charge is -2.20. The summed E-state index contributed by atoms with van der Waals surface area (Å²) < 4.78 is 29.0. The van der Waals surface area contributed by atoms with Crippen LogP contribution in [0.15, 0.2) is 30.1 Å². The average molecular weight is 335 g/mol. The van der Waals surface area contributed by atoms with Gasteiger partial charge in [0.15, 0.2) is 17.3 Å². The molecule has 0 radical (unpaired) electrons. The van der Waals surface area contributed by atoms with E-state index in [4.69, 9.17) is 14.2 Å². The smallest absolute Gasteiger partial charge is 0.289 e. The highest BCUT2D eigenvalue weighted by Crippen LogP contribution is 2.38. The molecule has 0 fully saturated rings. The van der Waals surface area contributed by atoms with Crippen molar-refractivity contribution >= 4 is 17.9 Å². The van der Waals surface area contributed by atoms with E-state index < -0.39 is 17.6 Å². The van der Waals surface area contributed by atoms with Crippen molar-refractivity contribution in [1.29, 1.82) is 0 Å². The summed E-state index contributed by atoms with van der Waals surface area (Å²) in [5.41, 5.74) is 0.610. The first-order valence-corrected chi connectivity index (χ1v) is 7.21. The van der Waals surface area contributed by atoms with Crippen LogP contribution < -0.4 is 14.2 Å². The monoisotopic (exact) mass is 335 g/mol. The zero-order chi connectivity index (χ0) is 17.7. The van der Waals surface area contributed by atoms with E-state index in [1.165, 1.54) is 39.6 Å². The maximum Gasteiger partial charge on any atom is 0.289 e. The van der Waals surface area contributed by atoms with Gasteiger partial charge in [-0.2, -0.15) is 0 Å². The van der Waals surface area contributed by atoms with Gasteiger partial charge in [-0.05, 0) is 36.3 Å². The molecule has 0 saturated carbocycles. The van der Waals surface area contributed by atoms with Crippen LogP contribution in [-0.4, -0.2) is 44.6 Å². The Hall–Kier alpha value is -2.83. The summed E-state index contributed by atoms with van der Waals surface area (Å²) in [5.74, 6) is -1.10. The fourth-order valence-electron chi connectivity index (χ4n) is 2.30. The molecule has 1 aliphatic heterocycles. The third-order valence-corrected chi connectivity index (χ3v) is 3.50. The molecule has 24 heavy (non-hydrogen) atoms. The number of rotatable bonds is 5. The van der Waals surface area contributed by atoms with E-state index in [9.17, 15) is 14.0 Å². The van der Waals surface area contributed by atoms with Gasteiger partial charge in [-0.3, -0.25) is 14.5 Å². The van der Waals surface area contributed by atoms with Crippen molar-refractivity contribution in [3.63, 3.8) is 0 Å². The van der Waals surface area contributed by atoms with E-state index in [1.54, 1.807) is 12.1 Å². The summed E-state index contributed by atoms with van der Waals surface area (Å²) in [6.45, 7) is 0.157. The minimum atomic E-state index is -0.916. The lowest BCUT2D eigenvalue weighted by molar-refractivity contribution is -0.140. The van der Waals surface area contributed by atoms with Crippen LogP contribution in [0.4, 0.5) is 4.39 Å². The van der Waals surface area contributed by atoms with Crippen LogP contribution in [0.3, 0.4) is 0 Å². The third-order valence-electron chi connectivity index (χ3n) is 3.50. The highest BCUT2D eigenvalue weighted by Gasteiger charge is 2.26. The highest BCUT2D eigenvalue weighted by molar-refractivity contribution is 6.08. The summed E-state index contributed by atoms with van der Waals surface area (Å²) in [6, 6.07) is 3.31. The van der Waals surface area contributed by atoms with Crippen LogP contribution >= 0.6 is 0 Å². The van der Waals surface area contributed by atoms with Crippen LogP contribution in [0.2, 0.25) is 0 Å². The van der Waals surface area contributed by atoms with Crippen molar-refractivity contribution in [2.75, 3.05) is 27.9 Å². The molecule has 1 aromatic rings. The topological polar surface area (TPSA) is 65.1 Å². The van der Waals surface area contributed by atoms with Gasteiger partial charge in [0.1, 0.15) is 0 Å². The molecule has 1 aliphatic rings. The number of imide groups is 1. The Morgan fingerprint density at radius 1 is 1.17 bits per heavy atom. The number of hydrogen-bond donors (Lipinski definition) is 0. The number of amides is 2. The fraction of sp³-hybridized carbons (Fsp3) is 0.294. The quantitative estimate of drug-likeness (QED) is 0.773. The molecule has 0 N–H and O–H groups in total. The number of nitrogens with zero attached hydrogens (tertiary/aromatic N) is 1. The van der Waals surface area contributed by atoms with Gasteiger partial charge in [-0.25, -0.2) is 4.39 Å². The predicted octanol–water partition coefficient (Wildman–Crippen LogP) is 2.34. The molecule has 0 aromatic heterocycles. The largest absolute Gasteiger partial charge is 0.493 e. The predicted molar refractivity (Wildman–Crippen MR) is 85.7 cm³/mol. The molecule has 128 valence electrons. The van der Waals surface area contributed by atoms with Crippen molar-refractivity contribution in [3.8, 4) is 17.2 Å². The maximum atomic E-state index is 13.3. The number of carbonyl (C=O) groups excluding carboxylic acids is 2. The lowest BCUT2D eigenvalue weighted by Crippen LogP contribution is -2.38. The van der Waals surface area contributed by atoms with E-state index in [2.05, 4.69) is 0 Å². The van der Waals surface area contributed by atoms with E-state index in [0.29, 0.717) is 29.2 Å². The Kier molecular flexibility index (Phi) is 5.57. The van der Waals surface area contributed by atoms with Gasteiger partial charge in [0.25, 0.3) is 11.8 Å². The van der Waals surface area contributed by atoms with Crippen LogP contribution in [0.1, 0.15) is 12.0 Å². The summed E-state index contributed by atoms with van der Waals surface area (Å²) in [4.78, 5) is 24.6. The number of benzene rings is 1. The van der Waals surface area contributed by atoms with Crippen LogP contribution in [0, 0.1) is 0 Å². The minimum absolute atomic E-state index is 0.157. The molecule has 0 bridgehead atoms. The molecule has 0 unspecified atom stereocenters. The van der Waals surface area contributed by atoms with Crippen molar-refractivity contribution in [2.45, 2.75) is 6.42 Å². The SMILES string of the molecule is COc1cc(/C=C/C(=O)N2CCC=C(F)C2=O)cc(OC)c1OC. The van der Waals surface area contributed by atoms with E-state index in [0.717, 1.165) is 4.90 Å².